The third-order valence-electron chi connectivity index (χ3n) is 6.29. The fourth-order valence-electron chi connectivity index (χ4n) is 5.00. The number of fused-ring (bicyclic) bond motifs is 5. The minimum Gasteiger partial charge on any atom is -0.497 e. The second-order valence-corrected chi connectivity index (χ2v) is 7.98. The molecule has 1 aliphatic heterocycles. The predicted octanol–water partition coefficient (Wildman–Crippen LogP) is 6.07. The maximum absolute atomic E-state index is 6.15. The van der Waals surface area contributed by atoms with Crippen LogP contribution in [0.5, 0.6) is 11.5 Å². The van der Waals surface area contributed by atoms with Gasteiger partial charge in [-0.25, -0.2) is 0 Å². The molecule has 0 atom stereocenters. The van der Waals surface area contributed by atoms with E-state index in [4.69, 9.17) is 9.47 Å². The van der Waals surface area contributed by atoms with Crippen LogP contribution < -0.4 is 9.47 Å². The van der Waals surface area contributed by atoms with Gasteiger partial charge in [0.05, 0.1) is 19.3 Å². The molecule has 1 aliphatic carbocycles. The number of ether oxygens (including phenoxy) is 2. The van der Waals surface area contributed by atoms with Crippen molar-refractivity contribution >= 4 is 10.9 Å². The summed E-state index contributed by atoms with van der Waals surface area (Å²) in [5, 5.41) is 1.44. The summed E-state index contributed by atoms with van der Waals surface area (Å²) < 4.78 is 14.1. The van der Waals surface area contributed by atoms with Crippen molar-refractivity contribution in [2.45, 2.75) is 51.5 Å². The molecule has 27 heavy (non-hydrogen) atoms. The first-order valence-electron chi connectivity index (χ1n) is 10.2. The molecule has 0 N–H and O–H groups in total. The van der Waals surface area contributed by atoms with Crippen molar-refractivity contribution in [2.24, 2.45) is 0 Å². The van der Waals surface area contributed by atoms with E-state index in [-0.39, 0.29) is 0 Å². The van der Waals surface area contributed by atoms with Crippen molar-refractivity contribution in [3.8, 4) is 22.8 Å². The zero-order valence-electron chi connectivity index (χ0n) is 16.3. The van der Waals surface area contributed by atoms with Crippen LogP contribution >= 0.6 is 0 Å². The summed E-state index contributed by atoms with van der Waals surface area (Å²) in [6.45, 7) is 3.76. The Balaban J connectivity index is 1.81. The molecule has 2 aliphatic rings. The second-order valence-electron chi connectivity index (χ2n) is 7.98. The lowest BCUT2D eigenvalue weighted by atomic mass is 9.81. The molecule has 0 amide bonds. The van der Waals surface area contributed by atoms with Crippen LogP contribution in [-0.2, 0) is 6.54 Å². The van der Waals surface area contributed by atoms with Crippen LogP contribution in [0.4, 0.5) is 0 Å². The van der Waals surface area contributed by atoms with Crippen LogP contribution in [0.2, 0.25) is 0 Å². The van der Waals surface area contributed by atoms with Gasteiger partial charge in [-0.05, 0) is 55.0 Å². The number of hydrogen-bond acceptors (Lipinski definition) is 2. The monoisotopic (exact) mass is 361 g/mol. The van der Waals surface area contributed by atoms with Gasteiger partial charge in [-0.1, -0.05) is 31.4 Å². The SMILES string of the molecule is COc1ccc2c(c1)OCCn1c-2c(C2CCCCC2)c2ccc(C)cc21. The molecule has 1 aromatic heterocycles. The zero-order chi connectivity index (χ0) is 18.4. The van der Waals surface area contributed by atoms with Gasteiger partial charge in [-0.3, -0.25) is 0 Å². The van der Waals surface area contributed by atoms with E-state index in [0.717, 1.165) is 18.0 Å². The summed E-state index contributed by atoms with van der Waals surface area (Å²) in [6.07, 6.45) is 6.66. The molecular weight excluding hydrogens is 334 g/mol. The van der Waals surface area contributed by atoms with Gasteiger partial charge in [0.2, 0.25) is 0 Å². The molecular formula is C24H27NO2. The molecule has 1 fully saturated rings. The Morgan fingerprint density at radius 2 is 1.89 bits per heavy atom. The average Bonchev–Trinajstić information content (AvgIpc) is 2.89. The topological polar surface area (TPSA) is 23.4 Å². The molecule has 5 rings (SSSR count). The third kappa shape index (κ3) is 2.72. The fraction of sp³-hybridized carbons (Fsp3) is 0.417. The summed E-state index contributed by atoms with van der Waals surface area (Å²) >= 11 is 0. The molecule has 2 heterocycles. The molecule has 2 aromatic carbocycles. The molecule has 0 spiro atoms. The lowest BCUT2D eigenvalue weighted by molar-refractivity contribution is 0.306. The van der Waals surface area contributed by atoms with Gasteiger partial charge < -0.3 is 14.0 Å². The molecule has 3 nitrogen and oxygen atoms in total. The van der Waals surface area contributed by atoms with Crippen molar-refractivity contribution < 1.29 is 9.47 Å². The van der Waals surface area contributed by atoms with Crippen LogP contribution in [-0.4, -0.2) is 18.3 Å². The molecule has 3 aromatic rings. The van der Waals surface area contributed by atoms with Crippen LogP contribution in [0, 0.1) is 6.92 Å². The van der Waals surface area contributed by atoms with Crippen molar-refractivity contribution in [2.75, 3.05) is 13.7 Å². The Morgan fingerprint density at radius 1 is 1.04 bits per heavy atom. The van der Waals surface area contributed by atoms with E-state index < -0.39 is 0 Å². The van der Waals surface area contributed by atoms with E-state index >= 15 is 0 Å². The molecule has 1 saturated carbocycles. The highest BCUT2D eigenvalue weighted by atomic mass is 16.5. The Bertz CT molecular complexity index is 995. The highest BCUT2D eigenvalue weighted by Crippen LogP contribution is 2.47. The van der Waals surface area contributed by atoms with Gasteiger partial charge in [-0.2, -0.15) is 0 Å². The van der Waals surface area contributed by atoms with Crippen molar-refractivity contribution in [3.05, 3.63) is 47.5 Å². The lowest BCUT2D eigenvalue weighted by Crippen LogP contribution is -2.07. The van der Waals surface area contributed by atoms with Gasteiger partial charge in [0.25, 0.3) is 0 Å². The predicted molar refractivity (Wildman–Crippen MR) is 110 cm³/mol. The molecule has 0 unspecified atom stereocenters. The quantitative estimate of drug-likeness (QED) is 0.553. The van der Waals surface area contributed by atoms with Crippen LogP contribution in [0.15, 0.2) is 36.4 Å². The Kier molecular flexibility index (Phi) is 4.11. The minimum atomic E-state index is 0.647. The number of methoxy groups -OCH3 is 1. The minimum absolute atomic E-state index is 0.647. The Labute approximate surface area is 160 Å². The van der Waals surface area contributed by atoms with E-state index in [1.807, 2.05) is 6.07 Å². The molecule has 0 radical (unpaired) electrons. The number of aromatic nitrogens is 1. The standard InChI is InChI=1S/C24H27NO2/c1-16-8-10-19-21(14-16)25-12-13-27-22-15-18(26-2)9-11-20(22)24(25)23(19)17-6-4-3-5-7-17/h8-11,14-15,17H,3-7,12-13H2,1-2H3. The molecule has 3 heteroatoms. The largest absolute Gasteiger partial charge is 0.497 e. The number of benzene rings is 2. The first kappa shape index (κ1) is 16.7. The number of nitrogens with zero attached hydrogens (tertiary/aromatic N) is 1. The van der Waals surface area contributed by atoms with Crippen molar-refractivity contribution in [1.29, 1.82) is 0 Å². The average molecular weight is 361 g/mol. The van der Waals surface area contributed by atoms with Crippen LogP contribution in [0.25, 0.3) is 22.2 Å². The van der Waals surface area contributed by atoms with E-state index in [1.54, 1.807) is 12.7 Å². The van der Waals surface area contributed by atoms with E-state index in [9.17, 15) is 0 Å². The van der Waals surface area contributed by atoms with E-state index in [1.165, 1.54) is 59.8 Å². The maximum Gasteiger partial charge on any atom is 0.132 e. The summed E-state index contributed by atoms with van der Waals surface area (Å²) in [5.74, 6) is 2.45. The van der Waals surface area contributed by atoms with Gasteiger partial charge in [0, 0.05) is 22.5 Å². The smallest absolute Gasteiger partial charge is 0.132 e. The number of aryl methyl sites for hydroxylation is 1. The van der Waals surface area contributed by atoms with Gasteiger partial charge >= 0.3 is 0 Å². The van der Waals surface area contributed by atoms with Gasteiger partial charge in [0.1, 0.15) is 18.1 Å². The summed E-state index contributed by atoms with van der Waals surface area (Å²) in [5.41, 5.74) is 6.80. The first-order valence-corrected chi connectivity index (χ1v) is 10.2. The summed E-state index contributed by atoms with van der Waals surface area (Å²) in [4.78, 5) is 0. The second kappa shape index (κ2) is 6.63. The lowest BCUT2D eigenvalue weighted by Gasteiger charge is -2.23. The zero-order valence-corrected chi connectivity index (χ0v) is 16.3. The summed E-state index contributed by atoms with van der Waals surface area (Å²) in [6, 6.07) is 13.2. The molecule has 0 bridgehead atoms. The highest BCUT2D eigenvalue weighted by molar-refractivity contribution is 5.94. The first-order chi connectivity index (χ1) is 13.3. The normalized spacial score (nSPS) is 17.1. The van der Waals surface area contributed by atoms with Crippen molar-refractivity contribution in [1.82, 2.24) is 4.57 Å². The molecule has 0 saturated heterocycles. The number of hydrogen-bond donors (Lipinski definition) is 0. The van der Waals surface area contributed by atoms with Gasteiger partial charge in [-0.15, -0.1) is 0 Å². The Hall–Kier alpha value is -2.42. The van der Waals surface area contributed by atoms with Crippen LogP contribution in [0.3, 0.4) is 0 Å². The summed E-state index contributed by atoms with van der Waals surface area (Å²) in [7, 11) is 1.71. The third-order valence-corrected chi connectivity index (χ3v) is 6.29. The number of rotatable bonds is 2. The van der Waals surface area contributed by atoms with E-state index in [2.05, 4.69) is 41.8 Å². The van der Waals surface area contributed by atoms with Crippen molar-refractivity contribution in [3.63, 3.8) is 0 Å². The van der Waals surface area contributed by atoms with Crippen LogP contribution in [0.1, 0.15) is 49.1 Å². The Morgan fingerprint density at radius 3 is 2.70 bits per heavy atom. The maximum atomic E-state index is 6.15. The van der Waals surface area contributed by atoms with E-state index in [0.29, 0.717) is 12.5 Å². The fourth-order valence-corrected chi connectivity index (χ4v) is 5.00. The highest BCUT2D eigenvalue weighted by Gasteiger charge is 2.29. The van der Waals surface area contributed by atoms with Gasteiger partial charge in [0.15, 0.2) is 0 Å². The molecule has 140 valence electrons.